The van der Waals surface area contributed by atoms with E-state index in [1.165, 1.54) is 0 Å². The molecule has 1 aromatic rings. The molecule has 5 amide bonds. The second-order valence-electron chi connectivity index (χ2n) is 9.64. The van der Waals surface area contributed by atoms with Gasteiger partial charge in [-0.25, -0.2) is 14.4 Å². The highest BCUT2D eigenvalue weighted by Crippen LogP contribution is 2.07. The molecule has 38 heavy (non-hydrogen) atoms. The molecule has 0 fully saturated rings. The predicted octanol–water partition coefficient (Wildman–Crippen LogP) is 3.45. The molecule has 5 N–H and O–H groups in total. The largest absolute Gasteiger partial charge is 0.465 e. The van der Waals surface area contributed by atoms with Crippen molar-refractivity contribution in [3.63, 3.8) is 0 Å². The molecule has 0 aliphatic carbocycles. The lowest BCUT2D eigenvalue weighted by molar-refractivity contribution is -0.123. The van der Waals surface area contributed by atoms with Crippen LogP contribution in [0.3, 0.4) is 0 Å². The maximum Gasteiger partial charge on any atom is 0.411 e. The number of hydrogen-bond donors (Lipinski definition) is 5. The van der Waals surface area contributed by atoms with E-state index in [9.17, 15) is 24.0 Å². The van der Waals surface area contributed by atoms with Crippen LogP contribution in [0.1, 0.15) is 71.3 Å². The zero-order valence-corrected chi connectivity index (χ0v) is 22.3. The Hall–Kier alpha value is -3.83. The summed E-state index contributed by atoms with van der Waals surface area (Å²) < 4.78 is 10.3. The quantitative estimate of drug-likeness (QED) is 0.212. The van der Waals surface area contributed by atoms with Crippen molar-refractivity contribution in [2.45, 2.75) is 84.0 Å². The van der Waals surface area contributed by atoms with Crippen molar-refractivity contribution in [1.82, 2.24) is 21.3 Å². The Balaban J connectivity index is 2.24. The molecule has 12 nitrogen and oxygen atoms in total. The first-order chi connectivity index (χ1) is 18.0. The number of nitrogens with one attached hydrogen (secondary N) is 4. The smallest absolute Gasteiger partial charge is 0.411 e. The van der Waals surface area contributed by atoms with E-state index in [1.807, 2.05) is 6.07 Å². The summed E-state index contributed by atoms with van der Waals surface area (Å²) in [5.41, 5.74) is 0.223. The molecule has 212 valence electrons. The average Bonchev–Trinajstić information content (AvgIpc) is 2.83. The normalized spacial score (nSPS) is 11.6. The summed E-state index contributed by atoms with van der Waals surface area (Å²) in [5.74, 6) is -0.966. The molecular weight excluding hydrogens is 496 g/mol. The molecule has 1 rings (SSSR count). The highest BCUT2D eigenvalue weighted by Gasteiger charge is 2.23. The number of carboxylic acid groups (broad SMARTS) is 1. The van der Waals surface area contributed by atoms with Gasteiger partial charge in [-0.15, -0.1) is 0 Å². The number of alkyl carbamates (subject to hydrolysis) is 2. The van der Waals surface area contributed by atoms with E-state index in [0.717, 1.165) is 18.4 Å². The Morgan fingerprint density at radius 1 is 0.868 bits per heavy atom. The number of benzene rings is 1. The van der Waals surface area contributed by atoms with Gasteiger partial charge >= 0.3 is 18.3 Å². The molecule has 0 aliphatic rings. The van der Waals surface area contributed by atoms with Crippen molar-refractivity contribution in [3.05, 3.63) is 35.9 Å². The maximum atomic E-state index is 12.2. The third kappa shape index (κ3) is 16.8. The Kier molecular flexibility index (Phi) is 14.9. The van der Waals surface area contributed by atoms with Gasteiger partial charge in [0.15, 0.2) is 0 Å². The Bertz CT molecular complexity index is 902. The molecule has 0 aliphatic heterocycles. The van der Waals surface area contributed by atoms with Gasteiger partial charge in [-0.3, -0.25) is 14.9 Å². The van der Waals surface area contributed by atoms with E-state index in [2.05, 4.69) is 16.0 Å². The predicted molar refractivity (Wildman–Crippen MR) is 139 cm³/mol. The summed E-state index contributed by atoms with van der Waals surface area (Å²) >= 11 is 0. The van der Waals surface area contributed by atoms with Crippen molar-refractivity contribution < 1.29 is 38.6 Å². The first kappa shape index (κ1) is 32.2. The van der Waals surface area contributed by atoms with Crippen LogP contribution in [0, 0.1) is 0 Å². The lowest BCUT2D eigenvalue weighted by Gasteiger charge is -2.19. The Morgan fingerprint density at radius 3 is 2.18 bits per heavy atom. The summed E-state index contributed by atoms with van der Waals surface area (Å²) in [5, 5.41) is 18.4. The van der Waals surface area contributed by atoms with Crippen LogP contribution in [0.4, 0.5) is 14.4 Å². The number of carbonyl (C=O) groups is 5. The van der Waals surface area contributed by atoms with Crippen LogP contribution in [0.25, 0.3) is 0 Å². The highest BCUT2D eigenvalue weighted by atomic mass is 16.6. The van der Waals surface area contributed by atoms with Gasteiger partial charge in [0.05, 0.1) is 0 Å². The van der Waals surface area contributed by atoms with Gasteiger partial charge in [-0.1, -0.05) is 36.8 Å². The second kappa shape index (κ2) is 17.6. The lowest BCUT2D eigenvalue weighted by atomic mass is 10.1. The van der Waals surface area contributed by atoms with Gasteiger partial charge in [0.25, 0.3) is 5.91 Å². The lowest BCUT2D eigenvalue weighted by Crippen LogP contribution is -2.48. The molecule has 12 heteroatoms. The first-order valence-corrected chi connectivity index (χ1v) is 12.7. The highest BCUT2D eigenvalue weighted by molar-refractivity contribution is 5.95. The van der Waals surface area contributed by atoms with Crippen LogP contribution in [0.15, 0.2) is 30.3 Å². The van der Waals surface area contributed by atoms with Gasteiger partial charge in [0, 0.05) is 19.5 Å². The fourth-order valence-corrected chi connectivity index (χ4v) is 3.25. The number of rotatable bonds is 15. The number of unbranched alkanes of at least 4 members (excludes halogenated alkanes) is 3. The number of carbonyl (C=O) groups excluding carboxylic acids is 4. The summed E-state index contributed by atoms with van der Waals surface area (Å²) in [7, 11) is 0. The van der Waals surface area contributed by atoms with Crippen LogP contribution in [-0.2, 0) is 25.7 Å². The van der Waals surface area contributed by atoms with Gasteiger partial charge in [0.1, 0.15) is 18.2 Å². The van der Waals surface area contributed by atoms with E-state index in [4.69, 9.17) is 14.6 Å². The maximum absolute atomic E-state index is 12.2. The monoisotopic (exact) mass is 536 g/mol. The number of imide groups is 1. The third-order valence-corrected chi connectivity index (χ3v) is 5.04. The van der Waals surface area contributed by atoms with Crippen LogP contribution < -0.4 is 21.3 Å². The zero-order valence-electron chi connectivity index (χ0n) is 22.3. The molecule has 1 atom stereocenters. The van der Waals surface area contributed by atoms with Gasteiger partial charge in [-0.05, 0) is 58.4 Å². The van der Waals surface area contributed by atoms with E-state index in [0.29, 0.717) is 38.8 Å². The van der Waals surface area contributed by atoms with Crippen LogP contribution in [-0.4, -0.2) is 59.9 Å². The van der Waals surface area contributed by atoms with Crippen molar-refractivity contribution in [1.29, 1.82) is 0 Å². The molecule has 0 radical (unpaired) electrons. The second-order valence-corrected chi connectivity index (χ2v) is 9.64. The minimum Gasteiger partial charge on any atom is -0.465 e. The number of ether oxygens (including phenoxy) is 2. The molecule has 0 heterocycles. The van der Waals surface area contributed by atoms with Crippen molar-refractivity contribution in [2.24, 2.45) is 0 Å². The minimum atomic E-state index is -1.52. The van der Waals surface area contributed by atoms with E-state index < -0.39 is 35.8 Å². The topological polar surface area (TPSA) is 172 Å². The summed E-state index contributed by atoms with van der Waals surface area (Å²) in [6.45, 7) is 6.24. The minimum absolute atomic E-state index is 0.00618. The number of hydrogen-bond acceptors (Lipinski definition) is 7. The Labute approximate surface area is 223 Å². The molecule has 0 spiro atoms. The van der Waals surface area contributed by atoms with Gasteiger partial charge < -0.3 is 30.5 Å². The fraction of sp³-hybridized carbons (Fsp3) is 0.577. The van der Waals surface area contributed by atoms with E-state index in [1.54, 1.807) is 50.4 Å². The zero-order chi connectivity index (χ0) is 28.4. The van der Waals surface area contributed by atoms with Crippen LogP contribution in [0.5, 0.6) is 0 Å². The van der Waals surface area contributed by atoms with Crippen molar-refractivity contribution >= 4 is 30.1 Å². The van der Waals surface area contributed by atoms with Gasteiger partial charge in [-0.2, -0.15) is 0 Å². The molecular formula is C26H40N4O8. The average molecular weight is 537 g/mol. The molecule has 1 aromatic carbocycles. The molecule has 0 aromatic heterocycles. The van der Waals surface area contributed by atoms with Gasteiger partial charge in [0.2, 0.25) is 5.91 Å². The third-order valence-electron chi connectivity index (χ3n) is 5.04. The first-order valence-electron chi connectivity index (χ1n) is 12.7. The molecule has 0 saturated heterocycles. The fourth-order valence-electron chi connectivity index (χ4n) is 3.25. The standard InChI is InChI=1S/C26H40N4O8/c1-26(2,3)38-24(35)28-17-10-5-8-15-21(31)27-16-11-9-14-20(22(32)30-23(33)34)29-25(36)37-18-19-12-6-4-7-13-19/h4,6-7,12-13,20H,5,8-11,14-18H2,1-3H3,(H,27,31)(H,28,35)(H,29,36)(H,30,32)(H,33,34). The number of amides is 5. The van der Waals surface area contributed by atoms with E-state index >= 15 is 0 Å². The van der Waals surface area contributed by atoms with Crippen LogP contribution in [0.2, 0.25) is 0 Å². The molecule has 0 bridgehead atoms. The summed E-state index contributed by atoms with van der Waals surface area (Å²) in [6.07, 6.45) is 0.858. The SMILES string of the molecule is CC(C)(C)OC(=O)NCCCCCC(=O)NCCCCC(NC(=O)OCc1ccccc1)C(=O)NC(=O)O. The van der Waals surface area contributed by atoms with Crippen molar-refractivity contribution in [3.8, 4) is 0 Å². The summed E-state index contributed by atoms with van der Waals surface area (Å²) in [6, 6.07) is 7.88. The van der Waals surface area contributed by atoms with Crippen LogP contribution >= 0.6 is 0 Å². The molecule has 0 saturated carbocycles. The molecule has 1 unspecified atom stereocenters. The Morgan fingerprint density at radius 2 is 1.53 bits per heavy atom. The van der Waals surface area contributed by atoms with Crippen molar-refractivity contribution in [2.75, 3.05) is 13.1 Å². The summed E-state index contributed by atoms with van der Waals surface area (Å²) in [4.78, 5) is 58.7. The van der Waals surface area contributed by atoms with E-state index in [-0.39, 0.29) is 18.9 Å².